The van der Waals surface area contributed by atoms with Crippen molar-refractivity contribution < 1.29 is 13.6 Å². The summed E-state index contributed by atoms with van der Waals surface area (Å²) in [5.41, 5.74) is 2.52. The molecule has 1 aromatic carbocycles. The van der Waals surface area contributed by atoms with E-state index >= 15 is 0 Å². The fraction of sp³-hybridized carbons (Fsp3) is 0.211. The second-order valence-corrected chi connectivity index (χ2v) is 6.75. The smallest absolute Gasteiger partial charge is 0.284 e. The van der Waals surface area contributed by atoms with Crippen LogP contribution in [-0.4, -0.2) is 39.8 Å². The molecule has 1 aliphatic rings. The Hall–Kier alpha value is -2.80. The van der Waals surface area contributed by atoms with Crippen molar-refractivity contribution in [1.29, 1.82) is 0 Å². The van der Waals surface area contributed by atoms with E-state index < -0.39 is 0 Å². The van der Waals surface area contributed by atoms with Gasteiger partial charge in [0.05, 0.1) is 12.0 Å². The van der Waals surface area contributed by atoms with Crippen molar-refractivity contribution in [2.24, 2.45) is 0 Å². The van der Waals surface area contributed by atoms with Crippen molar-refractivity contribution >= 4 is 23.2 Å². The summed E-state index contributed by atoms with van der Waals surface area (Å²) in [4.78, 5) is 14.3. The predicted molar refractivity (Wildman–Crippen MR) is 98.3 cm³/mol. The van der Waals surface area contributed by atoms with Crippen LogP contribution in [0.3, 0.4) is 0 Å². The zero-order valence-electron chi connectivity index (χ0n) is 14.0. The third-order valence-corrected chi connectivity index (χ3v) is 4.97. The summed E-state index contributed by atoms with van der Waals surface area (Å²) in [6, 6.07) is 13.8. The summed E-state index contributed by atoms with van der Waals surface area (Å²) in [5, 5.41) is 8.23. The van der Waals surface area contributed by atoms with Gasteiger partial charge in [0, 0.05) is 13.1 Å². The lowest BCUT2D eigenvalue weighted by molar-refractivity contribution is -0.127. The van der Waals surface area contributed by atoms with Gasteiger partial charge in [-0.15, -0.1) is 10.2 Å². The first-order valence-corrected chi connectivity index (χ1v) is 9.30. The first-order valence-electron chi connectivity index (χ1n) is 8.32. The van der Waals surface area contributed by atoms with Crippen LogP contribution in [-0.2, 0) is 4.79 Å². The van der Waals surface area contributed by atoms with Crippen molar-refractivity contribution in [1.82, 2.24) is 15.1 Å². The van der Waals surface area contributed by atoms with E-state index in [-0.39, 0.29) is 11.7 Å². The number of carbonyl (C=O) groups excluding carboxylic acids is 1. The van der Waals surface area contributed by atoms with E-state index in [2.05, 4.69) is 28.4 Å². The number of rotatable bonds is 5. The maximum absolute atomic E-state index is 12.4. The molecule has 0 spiro atoms. The third kappa shape index (κ3) is 3.72. The van der Waals surface area contributed by atoms with Crippen LogP contribution in [0, 0.1) is 0 Å². The number of aromatic nitrogens is 2. The van der Waals surface area contributed by atoms with Crippen molar-refractivity contribution in [3.05, 3.63) is 60.4 Å². The summed E-state index contributed by atoms with van der Waals surface area (Å²) < 4.78 is 10.7. The molecular formula is C19H17N3O3S. The molecule has 3 heterocycles. The van der Waals surface area contributed by atoms with E-state index in [4.69, 9.17) is 8.83 Å². The normalized spacial score (nSPS) is 14.3. The van der Waals surface area contributed by atoms with Gasteiger partial charge in [-0.25, -0.2) is 0 Å². The first kappa shape index (κ1) is 16.7. The number of nitrogens with zero attached hydrogens (tertiary/aromatic N) is 3. The SMILES string of the molecule is O=C(CSc1nnc(-c2ccco2)o1)N1CC=C(c2ccccc2)CC1. The lowest BCUT2D eigenvalue weighted by Crippen LogP contribution is -2.35. The van der Waals surface area contributed by atoms with Crippen LogP contribution >= 0.6 is 11.8 Å². The number of amides is 1. The number of carbonyl (C=O) groups is 1. The van der Waals surface area contributed by atoms with Gasteiger partial charge in [-0.2, -0.15) is 0 Å². The van der Waals surface area contributed by atoms with Crippen molar-refractivity contribution in [3.63, 3.8) is 0 Å². The Morgan fingerprint density at radius 1 is 1.15 bits per heavy atom. The highest BCUT2D eigenvalue weighted by Crippen LogP contribution is 2.25. The molecule has 0 atom stereocenters. The fourth-order valence-electron chi connectivity index (χ4n) is 2.79. The molecule has 0 saturated heterocycles. The maximum Gasteiger partial charge on any atom is 0.284 e. The predicted octanol–water partition coefficient (Wildman–Crippen LogP) is 3.74. The molecule has 132 valence electrons. The molecule has 6 nitrogen and oxygen atoms in total. The number of hydrogen-bond acceptors (Lipinski definition) is 6. The molecule has 2 aromatic heterocycles. The van der Waals surface area contributed by atoms with E-state index in [0.29, 0.717) is 23.4 Å². The van der Waals surface area contributed by atoms with Gasteiger partial charge in [0.2, 0.25) is 5.91 Å². The summed E-state index contributed by atoms with van der Waals surface area (Å²) in [5.74, 6) is 1.17. The average molecular weight is 367 g/mol. The Morgan fingerprint density at radius 3 is 2.77 bits per heavy atom. The van der Waals surface area contributed by atoms with Gasteiger partial charge in [0.25, 0.3) is 11.1 Å². The number of benzene rings is 1. The molecule has 0 radical (unpaired) electrons. The molecule has 0 N–H and O–H groups in total. The second kappa shape index (κ2) is 7.61. The lowest BCUT2D eigenvalue weighted by Gasteiger charge is -2.26. The Bertz CT molecular complexity index is 903. The summed E-state index contributed by atoms with van der Waals surface area (Å²) in [7, 11) is 0. The molecule has 26 heavy (non-hydrogen) atoms. The van der Waals surface area contributed by atoms with E-state index in [0.717, 1.165) is 13.0 Å². The maximum atomic E-state index is 12.4. The quantitative estimate of drug-likeness (QED) is 0.640. The average Bonchev–Trinajstić information content (AvgIpc) is 3.38. The Labute approximate surface area is 154 Å². The van der Waals surface area contributed by atoms with E-state index in [1.54, 1.807) is 18.4 Å². The van der Waals surface area contributed by atoms with Gasteiger partial charge in [-0.1, -0.05) is 48.2 Å². The standard InChI is InChI=1S/C19H17N3O3S/c23-17(13-26-19-21-20-18(25-19)16-7-4-12-24-16)22-10-8-15(9-11-22)14-5-2-1-3-6-14/h1-8,12H,9-11,13H2. The molecule has 7 heteroatoms. The number of thioether (sulfide) groups is 1. The minimum Gasteiger partial charge on any atom is -0.459 e. The van der Waals surface area contributed by atoms with Crippen LogP contribution in [0.5, 0.6) is 0 Å². The highest BCUT2D eigenvalue weighted by molar-refractivity contribution is 7.99. The van der Waals surface area contributed by atoms with E-state index in [1.165, 1.54) is 22.9 Å². The minimum atomic E-state index is 0.0658. The highest BCUT2D eigenvalue weighted by atomic mass is 32.2. The zero-order chi connectivity index (χ0) is 17.8. The largest absolute Gasteiger partial charge is 0.459 e. The van der Waals surface area contributed by atoms with Crippen molar-refractivity contribution in [3.8, 4) is 11.7 Å². The van der Waals surface area contributed by atoms with Crippen LogP contribution in [0.2, 0.25) is 0 Å². The van der Waals surface area contributed by atoms with Crippen LogP contribution in [0.25, 0.3) is 17.2 Å². The highest BCUT2D eigenvalue weighted by Gasteiger charge is 2.19. The molecule has 4 rings (SSSR count). The molecule has 0 aliphatic carbocycles. The fourth-order valence-corrected chi connectivity index (χ4v) is 3.46. The third-order valence-electron chi connectivity index (χ3n) is 4.16. The summed E-state index contributed by atoms with van der Waals surface area (Å²) >= 11 is 1.24. The molecule has 1 amide bonds. The van der Waals surface area contributed by atoms with E-state index in [1.807, 2.05) is 23.1 Å². The van der Waals surface area contributed by atoms with Crippen LogP contribution in [0.1, 0.15) is 12.0 Å². The van der Waals surface area contributed by atoms with Gasteiger partial charge < -0.3 is 13.7 Å². The molecule has 3 aromatic rings. The van der Waals surface area contributed by atoms with Crippen molar-refractivity contribution in [2.75, 3.05) is 18.8 Å². The minimum absolute atomic E-state index is 0.0658. The topological polar surface area (TPSA) is 72.4 Å². The van der Waals surface area contributed by atoms with Crippen LogP contribution in [0.4, 0.5) is 0 Å². The number of furan rings is 1. The number of hydrogen-bond donors (Lipinski definition) is 0. The van der Waals surface area contributed by atoms with Crippen LogP contribution in [0.15, 0.2) is 68.9 Å². The molecule has 0 saturated carbocycles. The molecular weight excluding hydrogens is 350 g/mol. The molecule has 1 aliphatic heterocycles. The molecule has 0 fully saturated rings. The Balaban J connectivity index is 1.31. The first-order chi connectivity index (χ1) is 12.8. The van der Waals surface area contributed by atoms with Gasteiger partial charge in [-0.05, 0) is 29.7 Å². The van der Waals surface area contributed by atoms with Crippen LogP contribution < -0.4 is 0 Å². The van der Waals surface area contributed by atoms with Gasteiger partial charge >= 0.3 is 0 Å². The zero-order valence-corrected chi connectivity index (χ0v) is 14.8. The van der Waals surface area contributed by atoms with E-state index in [9.17, 15) is 4.79 Å². The van der Waals surface area contributed by atoms with Crippen molar-refractivity contribution in [2.45, 2.75) is 11.6 Å². The molecule has 0 unspecified atom stereocenters. The Morgan fingerprint density at radius 2 is 2.04 bits per heavy atom. The van der Waals surface area contributed by atoms with Gasteiger partial charge in [0.15, 0.2) is 5.76 Å². The monoisotopic (exact) mass is 367 g/mol. The lowest BCUT2D eigenvalue weighted by atomic mass is 10.00. The summed E-state index contributed by atoms with van der Waals surface area (Å²) in [6.45, 7) is 1.35. The van der Waals surface area contributed by atoms with Gasteiger partial charge in [0.1, 0.15) is 0 Å². The summed E-state index contributed by atoms with van der Waals surface area (Å²) in [6.07, 6.45) is 4.54. The second-order valence-electron chi connectivity index (χ2n) is 5.82. The Kier molecular flexibility index (Phi) is 4.88. The molecule has 0 bridgehead atoms. The van der Waals surface area contributed by atoms with Gasteiger partial charge in [-0.3, -0.25) is 4.79 Å².